The summed E-state index contributed by atoms with van der Waals surface area (Å²) >= 11 is 12.5. The van der Waals surface area contributed by atoms with Crippen LogP contribution in [-0.4, -0.2) is 66.4 Å². The molecule has 3 N–H and O–H groups in total. The monoisotopic (exact) mass is 876 g/mol. The van der Waals surface area contributed by atoms with Gasteiger partial charge in [0.15, 0.2) is 11.6 Å². The molecule has 0 fully saturated rings. The number of aliphatic hydroxyl groups is 1. The summed E-state index contributed by atoms with van der Waals surface area (Å²) in [6.45, 7) is 13.0. The Morgan fingerprint density at radius 2 is 0.951 bits per heavy atom. The molecule has 2 amide bonds. The average molecular weight is 878 g/mol. The SMILES string of the molecule is CNC(=O)[C@@H](CC(=O)c1ccc(OC(C)C)c(Cl)c1)Cc1ccc(C(=O)OC(C)(C)C)cc1.CNC(=O)[C@@H](CC(=O)c1ccc(OC(C)C)c(Cl)c1)Cc1ccc(CO)cc1. The summed E-state index contributed by atoms with van der Waals surface area (Å²) in [5, 5.41) is 15.1. The molecule has 61 heavy (non-hydrogen) atoms. The van der Waals surface area contributed by atoms with Crippen LogP contribution in [0.4, 0.5) is 0 Å². The van der Waals surface area contributed by atoms with Gasteiger partial charge >= 0.3 is 5.97 Å². The molecule has 328 valence electrons. The minimum absolute atomic E-state index is 0.0195. The summed E-state index contributed by atoms with van der Waals surface area (Å²) in [6, 6.07) is 24.0. The summed E-state index contributed by atoms with van der Waals surface area (Å²) < 4.78 is 16.6. The fourth-order valence-corrected chi connectivity index (χ4v) is 6.57. The Morgan fingerprint density at radius 3 is 1.28 bits per heavy atom. The molecule has 11 nitrogen and oxygen atoms in total. The second-order valence-electron chi connectivity index (χ2n) is 16.1. The largest absolute Gasteiger partial charge is 0.489 e. The van der Waals surface area contributed by atoms with Crippen molar-refractivity contribution in [2.24, 2.45) is 11.8 Å². The normalized spacial score (nSPS) is 12.1. The number of carbonyl (C=O) groups is 5. The Morgan fingerprint density at radius 1 is 0.590 bits per heavy atom. The highest BCUT2D eigenvalue weighted by molar-refractivity contribution is 6.32. The standard InChI is InChI=1S/C26H32ClNO5.C22H26ClNO4/c1-16(2)32-23-12-11-19(14-21(23)27)22(29)15-20(24(30)28-6)13-17-7-9-18(10-8-17)25(31)33-26(3,4)5;1-14(2)28-21-9-8-17(11-19(21)23)20(26)12-18(22(27)24-3)10-15-4-6-16(13-25)7-5-15/h7-12,14,16,20H,13,15H2,1-6H3,(H,28,30);4-9,11,14,18,25H,10,12-13H2,1-3H3,(H,24,27)/t20-;18-/m11/s1. The number of benzene rings is 4. The summed E-state index contributed by atoms with van der Waals surface area (Å²) in [5.41, 5.74) is 3.28. The molecule has 0 aliphatic carbocycles. The fourth-order valence-electron chi connectivity index (χ4n) is 6.12. The van der Waals surface area contributed by atoms with Crippen molar-refractivity contribution in [3.63, 3.8) is 0 Å². The maximum Gasteiger partial charge on any atom is 0.338 e. The Balaban J connectivity index is 0.000000330. The molecule has 13 heteroatoms. The number of amides is 2. The van der Waals surface area contributed by atoms with Gasteiger partial charge in [0.2, 0.25) is 11.8 Å². The molecule has 0 heterocycles. The molecule has 0 radical (unpaired) electrons. The smallest absolute Gasteiger partial charge is 0.338 e. The van der Waals surface area contributed by atoms with Gasteiger partial charge < -0.3 is 30.0 Å². The number of carbonyl (C=O) groups excluding carboxylic acids is 5. The molecule has 0 unspecified atom stereocenters. The van der Waals surface area contributed by atoms with Crippen molar-refractivity contribution in [3.8, 4) is 11.5 Å². The third-order valence-corrected chi connectivity index (χ3v) is 9.68. The highest BCUT2D eigenvalue weighted by atomic mass is 35.5. The lowest BCUT2D eigenvalue weighted by Gasteiger charge is -2.19. The molecule has 2 atom stereocenters. The number of ketones is 2. The van der Waals surface area contributed by atoms with Gasteiger partial charge in [-0.2, -0.15) is 0 Å². The van der Waals surface area contributed by atoms with Crippen molar-refractivity contribution in [2.45, 2.75) is 98.6 Å². The first-order valence-corrected chi connectivity index (χ1v) is 20.9. The number of hydrogen-bond acceptors (Lipinski definition) is 9. The van der Waals surface area contributed by atoms with Gasteiger partial charge in [-0.3, -0.25) is 19.2 Å². The van der Waals surface area contributed by atoms with E-state index < -0.39 is 23.4 Å². The summed E-state index contributed by atoms with van der Waals surface area (Å²) in [6.07, 6.45) is 0.815. The van der Waals surface area contributed by atoms with Gasteiger partial charge in [-0.25, -0.2) is 4.79 Å². The van der Waals surface area contributed by atoms with Crippen LogP contribution in [-0.2, 0) is 33.8 Å². The number of esters is 1. The Hall–Kier alpha value is -5.23. The van der Waals surface area contributed by atoms with Crippen LogP contribution < -0.4 is 20.1 Å². The molecule has 0 saturated heterocycles. The van der Waals surface area contributed by atoms with E-state index in [2.05, 4.69) is 10.6 Å². The number of rotatable bonds is 18. The lowest BCUT2D eigenvalue weighted by Crippen LogP contribution is -2.30. The van der Waals surface area contributed by atoms with Crippen LogP contribution in [0.15, 0.2) is 84.9 Å². The van der Waals surface area contributed by atoms with Gasteiger partial charge in [-0.05, 0) is 127 Å². The minimum atomic E-state index is -0.581. The molecule has 4 aromatic rings. The maximum absolute atomic E-state index is 12.9. The molecule has 0 bridgehead atoms. The van der Waals surface area contributed by atoms with E-state index in [-0.39, 0.29) is 55.0 Å². The van der Waals surface area contributed by atoms with Crippen LogP contribution in [0, 0.1) is 11.8 Å². The van der Waals surface area contributed by atoms with Gasteiger partial charge in [-0.1, -0.05) is 59.6 Å². The number of Topliss-reactive ketones (excluding diaryl/α,β-unsaturated/α-hetero) is 2. The zero-order valence-electron chi connectivity index (χ0n) is 36.4. The van der Waals surface area contributed by atoms with E-state index in [1.165, 1.54) is 0 Å². The minimum Gasteiger partial charge on any atom is -0.489 e. The average Bonchev–Trinajstić information content (AvgIpc) is 3.20. The van der Waals surface area contributed by atoms with E-state index in [0.717, 1.165) is 16.7 Å². The van der Waals surface area contributed by atoms with Crippen LogP contribution in [0.25, 0.3) is 0 Å². The topological polar surface area (TPSA) is 157 Å². The summed E-state index contributed by atoms with van der Waals surface area (Å²) in [7, 11) is 3.10. The fraction of sp³-hybridized carbons (Fsp3) is 0.396. The highest BCUT2D eigenvalue weighted by Crippen LogP contribution is 2.29. The predicted octanol–water partition coefficient (Wildman–Crippen LogP) is 9.06. The van der Waals surface area contributed by atoms with E-state index in [9.17, 15) is 24.0 Å². The van der Waals surface area contributed by atoms with Gasteiger partial charge in [-0.15, -0.1) is 0 Å². The van der Waals surface area contributed by atoms with Crippen molar-refractivity contribution in [3.05, 3.63) is 128 Å². The Kier molecular flexibility index (Phi) is 19.5. The van der Waals surface area contributed by atoms with E-state index in [0.29, 0.717) is 51.1 Å². The zero-order valence-corrected chi connectivity index (χ0v) is 37.9. The zero-order chi connectivity index (χ0) is 45.4. The number of ether oxygens (including phenoxy) is 3. The van der Waals surface area contributed by atoms with Gasteiger partial charge in [0.1, 0.15) is 17.1 Å². The molecule has 4 rings (SSSR count). The van der Waals surface area contributed by atoms with Gasteiger partial charge in [0, 0.05) is 49.9 Å². The first-order valence-electron chi connectivity index (χ1n) is 20.2. The van der Waals surface area contributed by atoms with Crippen molar-refractivity contribution < 1.29 is 43.3 Å². The van der Waals surface area contributed by atoms with E-state index >= 15 is 0 Å². The molecule has 0 aliphatic rings. The van der Waals surface area contributed by atoms with Gasteiger partial charge in [0.05, 0.1) is 34.4 Å². The van der Waals surface area contributed by atoms with Crippen LogP contribution in [0.3, 0.4) is 0 Å². The Labute approximate surface area is 369 Å². The molecule has 0 spiro atoms. The summed E-state index contributed by atoms with van der Waals surface area (Å²) in [5.74, 6) is -1.20. The second-order valence-corrected chi connectivity index (χ2v) is 16.9. The Bertz CT molecular complexity index is 2110. The molecular weight excluding hydrogens is 819 g/mol. The van der Waals surface area contributed by atoms with Crippen LogP contribution in [0.1, 0.15) is 109 Å². The maximum atomic E-state index is 12.9. The number of halogens is 2. The quantitative estimate of drug-likeness (QED) is 0.0656. The molecule has 0 aliphatic heterocycles. The number of nitrogens with one attached hydrogen (secondary N) is 2. The molecular formula is C48H58Cl2N2O9. The summed E-state index contributed by atoms with van der Waals surface area (Å²) in [4.78, 5) is 62.6. The third kappa shape index (κ3) is 16.6. The first kappa shape index (κ1) is 50.1. The van der Waals surface area contributed by atoms with Crippen molar-refractivity contribution in [1.29, 1.82) is 0 Å². The number of hydrogen-bond donors (Lipinski definition) is 3. The molecule has 0 saturated carbocycles. The van der Waals surface area contributed by atoms with Crippen molar-refractivity contribution in [1.82, 2.24) is 10.6 Å². The van der Waals surface area contributed by atoms with Crippen LogP contribution in [0.2, 0.25) is 10.0 Å². The van der Waals surface area contributed by atoms with Crippen molar-refractivity contribution in [2.75, 3.05) is 14.1 Å². The van der Waals surface area contributed by atoms with Gasteiger partial charge in [0.25, 0.3) is 0 Å². The number of aliphatic hydroxyl groups excluding tert-OH is 1. The predicted molar refractivity (Wildman–Crippen MR) is 239 cm³/mol. The van der Waals surface area contributed by atoms with Crippen LogP contribution in [0.5, 0.6) is 11.5 Å². The van der Waals surface area contributed by atoms with E-state index in [1.807, 2.05) is 72.7 Å². The lowest BCUT2D eigenvalue weighted by atomic mass is 9.91. The molecule has 0 aromatic heterocycles. The first-order chi connectivity index (χ1) is 28.7. The van der Waals surface area contributed by atoms with Crippen molar-refractivity contribution >= 4 is 52.6 Å². The van der Waals surface area contributed by atoms with E-state index in [1.54, 1.807) is 74.8 Å². The van der Waals surface area contributed by atoms with Crippen LogP contribution >= 0.6 is 23.2 Å². The molecule has 4 aromatic carbocycles. The van der Waals surface area contributed by atoms with E-state index in [4.69, 9.17) is 42.5 Å². The lowest BCUT2D eigenvalue weighted by molar-refractivity contribution is -0.125. The third-order valence-electron chi connectivity index (χ3n) is 9.09. The highest BCUT2D eigenvalue weighted by Gasteiger charge is 2.25. The second kappa shape index (κ2) is 23.7.